The molecule has 4 nitrogen and oxygen atoms in total. The molecular formula is C23H16ClNO3. The van der Waals surface area contributed by atoms with E-state index in [0.29, 0.717) is 22.8 Å². The van der Waals surface area contributed by atoms with E-state index in [1.54, 1.807) is 18.2 Å². The highest BCUT2D eigenvalue weighted by Crippen LogP contribution is 2.21. The first-order valence-electron chi connectivity index (χ1n) is 8.48. The molecule has 0 unspecified atom stereocenters. The standard InChI is InChI=1S/C23H16ClNO3/c24-21-9-1-17(2-10-21)15-28-22-11-3-16(4-12-22)13-20(14-25)18-5-7-19(8-6-18)23(26)27/h1-13H,15H2,(H,26,27)/b20-13-. The Morgan fingerprint density at radius 3 is 2.14 bits per heavy atom. The molecule has 3 aromatic carbocycles. The molecule has 0 heterocycles. The van der Waals surface area contributed by atoms with Crippen molar-refractivity contribution in [1.82, 2.24) is 0 Å². The molecule has 0 radical (unpaired) electrons. The second-order valence-corrected chi connectivity index (χ2v) is 6.47. The van der Waals surface area contributed by atoms with Crippen LogP contribution in [0.5, 0.6) is 5.75 Å². The SMILES string of the molecule is N#C/C(=C/c1ccc(OCc2ccc(Cl)cc2)cc1)c1ccc(C(=O)O)cc1. The fourth-order valence-corrected chi connectivity index (χ4v) is 2.67. The molecule has 0 spiro atoms. The van der Waals surface area contributed by atoms with Gasteiger partial charge in [0.05, 0.1) is 17.2 Å². The lowest BCUT2D eigenvalue weighted by Gasteiger charge is -2.07. The highest BCUT2D eigenvalue weighted by Gasteiger charge is 2.05. The minimum atomic E-state index is -0.997. The van der Waals surface area contributed by atoms with Crippen LogP contribution in [0.4, 0.5) is 0 Å². The van der Waals surface area contributed by atoms with Gasteiger partial charge < -0.3 is 9.84 Å². The monoisotopic (exact) mass is 389 g/mol. The van der Waals surface area contributed by atoms with Gasteiger partial charge in [0.25, 0.3) is 0 Å². The lowest BCUT2D eigenvalue weighted by atomic mass is 10.0. The van der Waals surface area contributed by atoms with Crippen LogP contribution >= 0.6 is 11.6 Å². The number of halogens is 1. The van der Waals surface area contributed by atoms with Crippen LogP contribution in [0, 0.1) is 11.3 Å². The van der Waals surface area contributed by atoms with Gasteiger partial charge in [-0.15, -0.1) is 0 Å². The Kier molecular flexibility index (Phi) is 6.11. The minimum absolute atomic E-state index is 0.184. The summed E-state index contributed by atoms with van der Waals surface area (Å²) in [5, 5.41) is 19.1. The Hall–Kier alpha value is -3.55. The third kappa shape index (κ3) is 5.00. The van der Waals surface area contributed by atoms with Crippen molar-refractivity contribution in [2.24, 2.45) is 0 Å². The normalized spacial score (nSPS) is 10.9. The predicted molar refractivity (Wildman–Crippen MR) is 109 cm³/mol. The Labute approximate surface area is 167 Å². The first kappa shape index (κ1) is 19.2. The predicted octanol–water partition coefficient (Wildman–Crippen LogP) is 5.68. The number of allylic oxidation sites excluding steroid dienone is 1. The van der Waals surface area contributed by atoms with Crippen LogP contribution in [0.15, 0.2) is 72.8 Å². The first-order valence-corrected chi connectivity index (χ1v) is 8.86. The van der Waals surface area contributed by atoms with Gasteiger partial charge in [-0.25, -0.2) is 4.79 Å². The molecule has 0 aliphatic heterocycles. The molecule has 0 saturated heterocycles. The summed E-state index contributed by atoms with van der Waals surface area (Å²) in [5.74, 6) is -0.278. The highest BCUT2D eigenvalue weighted by atomic mass is 35.5. The van der Waals surface area contributed by atoms with Gasteiger partial charge in [0.1, 0.15) is 12.4 Å². The molecular weight excluding hydrogens is 374 g/mol. The van der Waals surface area contributed by atoms with Crippen molar-refractivity contribution >= 4 is 29.2 Å². The van der Waals surface area contributed by atoms with Gasteiger partial charge in [0.2, 0.25) is 0 Å². The number of benzene rings is 3. The van der Waals surface area contributed by atoms with Gasteiger partial charge in [0.15, 0.2) is 0 Å². The number of rotatable bonds is 6. The van der Waals surface area contributed by atoms with Crippen LogP contribution < -0.4 is 4.74 Å². The summed E-state index contributed by atoms with van der Waals surface area (Å²) >= 11 is 5.87. The molecule has 138 valence electrons. The summed E-state index contributed by atoms with van der Waals surface area (Å²) in [6.07, 6.45) is 1.75. The summed E-state index contributed by atoms with van der Waals surface area (Å²) in [4.78, 5) is 10.9. The van der Waals surface area contributed by atoms with Crippen LogP contribution in [-0.2, 0) is 6.61 Å². The molecule has 0 bridgehead atoms. The molecule has 28 heavy (non-hydrogen) atoms. The lowest BCUT2D eigenvalue weighted by molar-refractivity contribution is 0.0697. The van der Waals surface area contributed by atoms with Crippen LogP contribution in [0.25, 0.3) is 11.6 Å². The molecule has 3 rings (SSSR count). The number of aromatic carboxylic acids is 1. The quantitative estimate of drug-likeness (QED) is 0.434. The number of carboxylic acid groups (broad SMARTS) is 1. The van der Waals surface area contributed by atoms with Gasteiger partial charge in [-0.3, -0.25) is 0 Å². The molecule has 0 aliphatic carbocycles. The van der Waals surface area contributed by atoms with Gasteiger partial charge in [0, 0.05) is 5.02 Å². The second kappa shape index (κ2) is 8.90. The van der Waals surface area contributed by atoms with Crippen LogP contribution in [-0.4, -0.2) is 11.1 Å². The van der Waals surface area contributed by atoms with Crippen LogP contribution in [0.3, 0.4) is 0 Å². The van der Waals surface area contributed by atoms with E-state index in [2.05, 4.69) is 6.07 Å². The third-order valence-electron chi connectivity index (χ3n) is 4.07. The summed E-state index contributed by atoms with van der Waals surface area (Å²) in [5.41, 5.74) is 3.16. The van der Waals surface area contributed by atoms with Crippen molar-refractivity contribution in [3.05, 3.63) is 100 Å². The van der Waals surface area contributed by atoms with Gasteiger partial charge in [-0.05, 0) is 59.2 Å². The Morgan fingerprint density at radius 1 is 0.964 bits per heavy atom. The van der Waals surface area contributed by atoms with Gasteiger partial charge >= 0.3 is 5.97 Å². The molecule has 5 heteroatoms. The number of hydrogen-bond donors (Lipinski definition) is 1. The highest BCUT2D eigenvalue weighted by molar-refractivity contribution is 6.30. The zero-order chi connectivity index (χ0) is 19.9. The van der Waals surface area contributed by atoms with Gasteiger partial charge in [-0.2, -0.15) is 5.26 Å². The Bertz CT molecular complexity index is 1030. The van der Waals surface area contributed by atoms with Crippen molar-refractivity contribution in [3.63, 3.8) is 0 Å². The number of nitrogens with zero attached hydrogens (tertiary/aromatic N) is 1. The largest absolute Gasteiger partial charge is 0.489 e. The Morgan fingerprint density at radius 2 is 1.57 bits per heavy atom. The molecule has 1 N–H and O–H groups in total. The van der Waals surface area contributed by atoms with E-state index in [1.165, 1.54) is 12.1 Å². The minimum Gasteiger partial charge on any atom is -0.489 e. The van der Waals surface area contributed by atoms with Crippen molar-refractivity contribution in [2.45, 2.75) is 6.61 Å². The number of carboxylic acids is 1. The smallest absolute Gasteiger partial charge is 0.335 e. The molecule has 0 amide bonds. The van der Waals surface area contributed by atoms with E-state index in [9.17, 15) is 10.1 Å². The number of ether oxygens (including phenoxy) is 1. The van der Waals surface area contributed by atoms with E-state index in [4.69, 9.17) is 21.4 Å². The number of carbonyl (C=O) groups is 1. The molecule has 3 aromatic rings. The fraction of sp³-hybridized carbons (Fsp3) is 0.0435. The van der Waals surface area contributed by atoms with E-state index in [-0.39, 0.29) is 5.56 Å². The summed E-state index contributed by atoms with van der Waals surface area (Å²) in [6, 6.07) is 23.2. The maximum Gasteiger partial charge on any atom is 0.335 e. The average molecular weight is 390 g/mol. The molecule has 0 aliphatic rings. The number of hydrogen-bond acceptors (Lipinski definition) is 3. The van der Waals surface area contributed by atoms with Crippen molar-refractivity contribution < 1.29 is 14.6 Å². The molecule has 0 saturated carbocycles. The van der Waals surface area contributed by atoms with E-state index in [1.807, 2.05) is 48.5 Å². The maximum absolute atomic E-state index is 10.9. The summed E-state index contributed by atoms with van der Waals surface area (Å²) in [7, 11) is 0. The molecule has 0 fully saturated rings. The third-order valence-corrected chi connectivity index (χ3v) is 4.33. The average Bonchev–Trinajstić information content (AvgIpc) is 2.72. The fourth-order valence-electron chi connectivity index (χ4n) is 2.55. The van der Waals surface area contributed by atoms with Crippen LogP contribution in [0.1, 0.15) is 27.0 Å². The second-order valence-electron chi connectivity index (χ2n) is 6.04. The van der Waals surface area contributed by atoms with Crippen molar-refractivity contribution in [2.75, 3.05) is 0 Å². The Balaban J connectivity index is 1.69. The van der Waals surface area contributed by atoms with E-state index >= 15 is 0 Å². The summed E-state index contributed by atoms with van der Waals surface area (Å²) < 4.78 is 5.75. The maximum atomic E-state index is 10.9. The van der Waals surface area contributed by atoms with Crippen LogP contribution in [0.2, 0.25) is 5.02 Å². The van der Waals surface area contributed by atoms with E-state index < -0.39 is 5.97 Å². The van der Waals surface area contributed by atoms with Crippen molar-refractivity contribution in [1.29, 1.82) is 5.26 Å². The molecule has 0 aromatic heterocycles. The molecule has 0 atom stereocenters. The van der Waals surface area contributed by atoms with Crippen molar-refractivity contribution in [3.8, 4) is 11.8 Å². The zero-order valence-corrected chi connectivity index (χ0v) is 15.6. The number of nitriles is 1. The lowest BCUT2D eigenvalue weighted by Crippen LogP contribution is -1.95. The summed E-state index contributed by atoms with van der Waals surface area (Å²) in [6.45, 7) is 0.436. The van der Waals surface area contributed by atoms with Gasteiger partial charge in [-0.1, -0.05) is 48.0 Å². The van der Waals surface area contributed by atoms with E-state index in [0.717, 1.165) is 16.9 Å². The zero-order valence-electron chi connectivity index (χ0n) is 14.8. The topological polar surface area (TPSA) is 70.3 Å². The first-order chi connectivity index (χ1) is 13.5.